The maximum absolute atomic E-state index is 14.3. The van der Waals surface area contributed by atoms with Gasteiger partial charge in [0.15, 0.2) is 0 Å². The van der Waals surface area contributed by atoms with Crippen LogP contribution in [0.4, 0.5) is 0 Å². The highest BCUT2D eigenvalue weighted by Crippen LogP contribution is 2.21. The number of ether oxygens (including phenoxy) is 2. The summed E-state index contributed by atoms with van der Waals surface area (Å²) in [5, 5.41) is 27.2. The minimum absolute atomic E-state index is 0.0108. The Morgan fingerprint density at radius 2 is 1.40 bits per heavy atom. The topological polar surface area (TPSA) is 217 Å². The van der Waals surface area contributed by atoms with Crippen LogP contribution in [0.25, 0.3) is 0 Å². The third-order valence-electron chi connectivity index (χ3n) is 10.9. The second-order valence-electron chi connectivity index (χ2n) is 16.6. The van der Waals surface area contributed by atoms with E-state index < -0.39 is 108 Å². The lowest BCUT2D eigenvalue weighted by Crippen LogP contribution is -2.63. The fourth-order valence-corrected chi connectivity index (χ4v) is 7.00. The number of carbonyl (C=O) groups excluding carboxylic acids is 6. The van der Waals surface area contributed by atoms with E-state index in [1.807, 2.05) is 37.3 Å². The summed E-state index contributed by atoms with van der Waals surface area (Å²) in [7, 11) is 0. The molecular formula is C43H65N7O9S. The van der Waals surface area contributed by atoms with Gasteiger partial charge >= 0.3 is 0 Å². The number of hydrogen-bond acceptors (Lipinski definition) is 10. The van der Waals surface area contributed by atoms with Crippen LogP contribution in [0, 0.1) is 5.92 Å². The van der Waals surface area contributed by atoms with Crippen LogP contribution in [-0.4, -0.2) is 130 Å². The van der Waals surface area contributed by atoms with Crippen molar-refractivity contribution in [3.8, 4) is 0 Å². The maximum atomic E-state index is 14.3. The summed E-state index contributed by atoms with van der Waals surface area (Å²) in [6, 6.07) is 0.864. The first-order valence-electron chi connectivity index (χ1n) is 20.5. The number of aliphatic hydroxyl groups excluding tert-OH is 1. The molecule has 6 amide bonds. The lowest BCUT2D eigenvalue weighted by atomic mass is 9.97. The van der Waals surface area contributed by atoms with E-state index in [1.54, 1.807) is 41.5 Å². The molecule has 0 aromatic heterocycles. The second kappa shape index (κ2) is 22.2. The van der Waals surface area contributed by atoms with Gasteiger partial charge < -0.3 is 51.4 Å². The Morgan fingerprint density at radius 3 is 2.00 bits per heavy atom. The number of nitrogens with one attached hydrogen (secondary N) is 6. The van der Waals surface area contributed by atoms with Crippen LogP contribution < -0.4 is 31.9 Å². The zero-order valence-corrected chi connectivity index (χ0v) is 37.0. The molecule has 7 N–H and O–H groups in total. The zero-order valence-electron chi connectivity index (χ0n) is 36.2. The number of fused-ring (bicyclic) bond motifs is 1. The van der Waals surface area contributed by atoms with E-state index in [2.05, 4.69) is 45.1 Å². The van der Waals surface area contributed by atoms with Crippen LogP contribution in [0.15, 0.2) is 55.6 Å². The summed E-state index contributed by atoms with van der Waals surface area (Å²) >= 11 is 5.78. The molecule has 2 saturated heterocycles. The number of amides is 6. The SMILES string of the molecule is C=CC(C)(C)OC[C@@H]1NC(=O)[C@H]([C@@H](C)OC(C)(C)C=C)NC(=O)[C@H](CO)NC(=S)[C@@H](Cc2ccccc2)NC(=O)[C@@H]2CCCN2C(=O)[C@H](C)NC(=O)[C@H]([C@@H](C)CC)NC1=O. The molecule has 0 spiro atoms. The summed E-state index contributed by atoms with van der Waals surface area (Å²) in [6.07, 6.45) is 3.54. The van der Waals surface area contributed by atoms with Crippen molar-refractivity contribution in [2.24, 2.45) is 5.92 Å². The van der Waals surface area contributed by atoms with E-state index in [0.29, 0.717) is 19.3 Å². The Hall–Kier alpha value is -4.71. The fourth-order valence-electron chi connectivity index (χ4n) is 6.71. The molecule has 17 heteroatoms. The molecule has 0 bridgehead atoms. The normalized spacial score (nSPS) is 26.8. The molecule has 332 valence electrons. The van der Waals surface area contributed by atoms with Crippen LogP contribution in [0.5, 0.6) is 0 Å². The smallest absolute Gasteiger partial charge is 0.245 e. The molecule has 2 heterocycles. The summed E-state index contributed by atoms with van der Waals surface area (Å²) in [5.41, 5.74) is -1.10. The average molecular weight is 856 g/mol. The number of benzene rings is 1. The third-order valence-corrected chi connectivity index (χ3v) is 11.3. The number of thiocarbonyl (C=S) groups is 1. The van der Waals surface area contributed by atoms with Crippen molar-refractivity contribution in [2.45, 2.75) is 141 Å². The van der Waals surface area contributed by atoms with Crippen molar-refractivity contribution < 1.29 is 43.3 Å². The molecule has 0 aliphatic carbocycles. The minimum Gasteiger partial charge on any atom is -0.394 e. The van der Waals surface area contributed by atoms with Crippen molar-refractivity contribution in [3.05, 3.63) is 61.2 Å². The van der Waals surface area contributed by atoms with Crippen molar-refractivity contribution in [1.82, 2.24) is 36.8 Å². The quantitative estimate of drug-likeness (QED) is 0.111. The van der Waals surface area contributed by atoms with Crippen molar-refractivity contribution in [1.29, 1.82) is 0 Å². The largest absolute Gasteiger partial charge is 0.394 e. The van der Waals surface area contributed by atoms with E-state index in [-0.39, 0.29) is 24.6 Å². The van der Waals surface area contributed by atoms with Crippen molar-refractivity contribution in [3.63, 3.8) is 0 Å². The lowest BCUT2D eigenvalue weighted by Gasteiger charge is -2.34. The fraction of sp³-hybridized carbons (Fsp3) is 0.605. The minimum atomic E-state index is -1.47. The zero-order chi connectivity index (χ0) is 44.9. The maximum Gasteiger partial charge on any atom is 0.245 e. The Morgan fingerprint density at radius 1 is 0.817 bits per heavy atom. The average Bonchev–Trinajstić information content (AvgIpc) is 3.71. The Balaban J connectivity index is 2.16. The Labute approximate surface area is 359 Å². The monoisotopic (exact) mass is 855 g/mol. The highest BCUT2D eigenvalue weighted by atomic mass is 32.1. The molecule has 1 aromatic carbocycles. The number of hydrogen-bond donors (Lipinski definition) is 7. The van der Waals surface area contributed by atoms with Crippen LogP contribution in [0.2, 0.25) is 0 Å². The standard InChI is InChI=1S/C43H65N7O9S/c1-11-25(4)33-38(55)44-26(5)41(57)50-21-17-20-32(50)37(54)45-29(22-28-18-15-14-16-19-28)40(60)47-30(23-51)35(52)49-34(27(6)59-43(9,10)13-3)39(56)46-31(36(53)48-33)24-58-42(7,8)12-2/h12-16,18-19,25-27,29-34,51H,2-3,11,17,20-24H2,1,4-10H3,(H,44,55)(H,45,54)(H,46,56)(H,47,60)(H,48,53)(H,49,52)/t25-,26-,27+,29+,30-,31-,32-,33-,34-/m0/s1. The van der Waals surface area contributed by atoms with Gasteiger partial charge in [-0.1, -0.05) is 75.0 Å². The van der Waals surface area contributed by atoms with Crippen LogP contribution in [0.1, 0.15) is 80.2 Å². The number of rotatable bonds is 13. The van der Waals surface area contributed by atoms with Gasteiger partial charge in [0.05, 0.1) is 41.6 Å². The van der Waals surface area contributed by atoms with Crippen molar-refractivity contribution in [2.75, 3.05) is 19.8 Å². The van der Waals surface area contributed by atoms with Crippen molar-refractivity contribution >= 4 is 52.6 Å². The molecule has 9 atom stereocenters. The molecule has 16 nitrogen and oxygen atoms in total. The van der Waals surface area contributed by atoms with E-state index >= 15 is 0 Å². The number of carbonyl (C=O) groups is 6. The molecule has 60 heavy (non-hydrogen) atoms. The van der Waals surface area contributed by atoms with Gasteiger partial charge in [-0.2, -0.15) is 0 Å². The van der Waals surface area contributed by atoms with E-state index in [9.17, 15) is 33.9 Å². The summed E-state index contributed by atoms with van der Waals surface area (Å²) < 4.78 is 12.1. The Bertz CT molecular complexity index is 1720. The predicted molar refractivity (Wildman–Crippen MR) is 231 cm³/mol. The third kappa shape index (κ3) is 13.9. The first kappa shape index (κ1) is 49.7. The summed E-state index contributed by atoms with van der Waals surface area (Å²) in [5.74, 6) is -4.53. The lowest BCUT2D eigenvalue weighted by molar-refractivity contribution is -0.142. The molecule has 2 fully saturated rings. The number of nitrogens with zero attached hydrogens (tertiary/aromatic N) is 1. The van der Waals surface area contributed by atoms with Crippen LogP contribution >= 0.6 is 12.2 Å². The molecule has 1 aromatic rings. The molecule has 2 aliphatic heterocycles. The van der Waals surface area contributed by atoms with Gasteiger partial charge in [-0.15, -0.1) is 13.2 Å². The van der Waals surface area contributed by atoms with Gasteiger partial charge in [0.2, 0.25) is 35.4 Å². The first-order chi connectivity index (χ1) is 28.2. The van der Waals surface area contributed by atoms with Gasteiger partial charge in [0.25, 0.3) is 0 Å². The Kier molecular flexibility index (Phi) is 18.4. The highest BCUT2D eigenvalue weighted by molar-refractivity contribution is 7.80. The molecule has 3 rings (SSSR count). The van der Waals surface area contributed by atoms with Gasteiger partial charge in [-0.05, 0) is 72.3 Å². The molecule has 0 unspecified atom stereocenters. The second-order valence-corrected chi connectivity index (χ2v) is 17.0. The van der Waals surface area contributed by atoms with Crippen LogP contribution in [-0.2, 0) is 44.7 Å². The number of aliphatic hydroxyl groups is 1. The van der Waals surface area contributed by atoms with Crippen LogP contribution in [0.3, 0.4) is 0 Å². The highest BCUT2D eigenvalue weighted by Gasteiger charge is 2.41. The van der Waals surface area contributed by atoms with Gasteiger partial charge in [-0.3, -0.25) is 28.8 Å². The summed E-state index contributed by atoms with van der Waals surface area (Å²) in [6.45, 7) is 20.2. The first-order valence-corrected chi connectivity index (χ1v) is 20.9. The van der Waals surface area contributed by atoms with E-state index in [4.69, 9.17) is 21.7 Å². The van der Waals surface area contributed by atoms with E-state index in [1.165, 1.54) is 24.0 Å². The molecular weight excluding hydrogens is 791 g/mol. The molecule has 0 radical (unpaired) electrons. The molecule has 2 aliphatic rings. The molecule has 0 saturated carbocycles. The van der Waals surface area contributed by atoms with E-state index in [0.717, 1.165) is 5.56 Å². The predicted octanol–water partition coefficient (Wildman–Crippen LogP) is 1.35. The summed E-state index contributed by atoms with van der Waals surface area (Å²) in [4.78, 5) is 85.9. The van der Waals surface area contributed by atoms with Gasteiger partial charge in [0, 0.05) is 6.54 Å². The van der Waals surface area contributed by atoms with Gasteiger partial charge in [-0.25, -0.2) is 0 Å². The van der Waals surface area contributed by atoms with Gasteiger partial charge in [0.1, 0.15) is 36.3 Å².